The van der Waals surface area contributed by atoms with Crippen LogP contribution in [0.1, 0.15) is 79.1 Å². The van der Waals surface area contributed by atoms with Crippen molar-refractivity contribution in [1.29, 1.82) is 0 Å². The first kappa shape index (κ1) is 27.1. The van der Waals surface area contributed by atoms with E-state index in [1.807, 2.05) is 26.0 Å². The van der Waals surface area contributed by atoms with E-state index >= 15 is 0 Å². The lowest BCUT2D eigenvalue weighted by atomic mass is 9.73. The zero-order valence-corrected chi connectivity index (χ0v) is 22.8. The van der Waals surface area contributed by atoms with Crippen LogP contribution in [0.3, 0.4) is 0 Å². The SMILES string of the molecule is C/C1=C\[C@H]2OC(=O)[C@@H](C)[C@@H]2[C@@H](O)C[C@@]2(CCC3=C(CC/C(C)=C/[C@H]4OC(=O)[C@@H](C)[C@@H]4[C@@H](O)C3)O2)C(=O)CC1. The van der Waals surface area contributed by atoms with Crippen LogP contribution in [0.4, 0.5) is 0 Å². The van der Waals surface area contributed by atoms with Gasteiger partial charge in [0.25, 0.3) is 0 Å². The third kappa shape index (κ3) is 4.86. The van der Waals surface area contributed by atoms with Gasteiger partial charge in [-0.3, -0.25) is 14.4 Å². The Kier molecular flexibility index (Phi) is 7.33. The molecule has 2 fully saturated rings. The van der Waals surface area contributed by atoms with Crippen LogP contribution in [-0.2, 0) is 28.6 Å². The first-order valence-electron chi connectivity index (χ1n) is 14.0. The molecule has 2 N–H and O–H groups in total. The monoisotopic (exact) mass is 528 g/mol. The topological polar surface area (TPSA) is 119 Å². The summed E-state index contributed by atoms with van der Waals surface area (Å²) in [5.41, 5.74) is 1.75. The molecule has 5 aliphatic rings. The second-order valence-electron chi connectivity index (χ2n) is 12.2. The average Bonchev–Trinajstić information content (AvgIpc) is 3.29. The average molecular weight is 529 g/mol. The first-order chi connectivity index (χ1) is 18.0. The molecule has 208 valence electrons. The number of carbonyl (C=O) groups excluding carboxylic acids is 3. The van der Waals surface area contributed by atoms with Crippen LogP contribution in [0.15, 0.2) is 34.6 Å². The summed E-state index contributed by atoms with van der Waals surface area (Å²) in [7, 11) is 0. The van der Waals surface area contributed by atoms with Gasteiger partial charge in [-0.1, -0.05) is 25.0 Å². The molecule has 0 unspecified atom stereocenters. The third-order valence-electron chi connectivity index (χ3n) is 9.49. The lowest BCUT2D eigenvalue weighted by Gasteiger charge is -2.42. The van der Waals surface area contributed by atoms with Gasteiger partial charge in [-0.05, 0) is 63.7 Å². The molecular weight excluding hydrogens is 488 g/mol. The lowest BCUT2D eigenvalue weighted by molar-refractivity contribution is -0.149. The van der Waals surface area contributed by atoms with E-state index < -0.39 is 47.8 Å². The number of hydrogen-bond acceptors (Lipinski definition) is 8. The van der Waals surface area contributed by atoms with E-state index in [1.165, 1.54) is 0 Å². The van der Waals surface area contributed by atoms with E-state index in [4.69, 9.17) is 14.2 Å². The number of allylic oxidation sites excluding steroid dienone is 3. The Balaban J connectivity index is 1.46. The third-order valence-corrected chi connectivity index (χ3v) is 9.49. The van der Waals surface area contributed by atoms with Crippen LogP contribution in [-0.4, -0.2) is 58.0 Å². The Morgan fingerprint density at radius 3 is 1.95 bits per heavy atom. The number of carbonyl (C=O) groups is 3. The van der Waals surface area contributed by atoms with Crippen molar-refractivity contribution in [2.45, 2.75) is 109 Å². The summed E-state index contributed by atoms with van der Waals surface area (Å²) >= 11 is 0. The number of hydrogen-bond donors (Lipinski definition) is 2. The van der Waals surface area contributed by atoms with Crippen molar-refractivity contribution < 1.29 is 38.8 Å². The number of rotatable bonds is 0. The Hall–Kier alpha value is -2.45. The highest BCUT2D eigenvalue weighted by atomic mass is 16.6. The maximum Gasteiger partial charge on any atom is 0.309 e. The molecule has 0 aromatic carbocycles. The standard InChI is InChI=1S/C30H40O8/c1-15-5-7-22-19(13-20(31)26-17(3)28(34)36-23(26)11-15)9-10-30(38-22)14-21(32)27-18(4)29(35)37-24(27)12-16(2)6-8-25(30)33/h11-12,17-18,20-21,23-24,26-27,31-32H,5-10,13-14H2,1-4H3/b15-11+,16-12+/t17-,18-,20-,21-,23+,24+,26+,27+,30-/m0/s1. The van der Waals surface area contributed by atoms with E-state index in [1.54, 1.807) is 13.8 Å². The normalized spacial score (nSPS) is 44.9. The van der Waals surface area contributed by atoms with Gasteiger partial charge in [-0.25, -0.2) is 0 Å². The van der Waals surface area contributed by atoms with Crippen LogP contribution in [0.25, 0.3) is 0 Å². The highest BCUT2D eigenvalue weighted by molar-refractivity contribution is 5.88. The summed E-state index contributed by atoms with van der Waals surface area (Å²) < 4.78 is 17.8. The fraction of sp³-hybridized carbons (Fsp3) is 0.700. The summed E-state index contributed by atoms with van der Waals surface area (Å²) in [4.78, 5) is 38.4. The number of fused-ring (bicyclic) bond motifs is 2. The maximum absolute atomic E-state index is 13.7. The van der Waals surface area contributed by atoms with Crippen molar-refractivity contribution in [3.8, 4) is 0 Å². The number of esters is 2. The summed E-state index contributed by atoms with van der Waals surface area (Å²) in [6.07, 6.45) is 4.56. The quantitative estimate of drug-likeness (QED) is 0.361. The van der Waals surface area contributed by atoms with Crippen molar-refractivity contribution in [1.82, 2.24) is 0 Å². The number of ketones is 1. The fourth-order valence-corrected chi connectivity index (χ4v) is 7.11. The van der Waals surface area contributed by atoms with Crippen LogP contribution < -0.4 is 0 Å². The molecule has 2 aliphatic carbocycles. The number of Topliss-reactive ketones (excluding diaryl/α,β-unsaturated/α-hetero) is 1. The van der Waals surface area contributed by atoms with E-state index in [-0.39, 0.29) is 36.5 Å². The van der Waals surface area contributed by atoms with Crippen LogP contribution in [0.2, 0.25) is 0 Å². The minimum atomic E-state index is -1.19. The molecule has 9 atom stereocenters. The van der Waals surface area contributed by atoms with Gasteiger partial charge in [0.1, 0.15) is 12.2 Å². The second kappa shape index (κ2) is 10.3. The van der Waals surface area contributed by atoms with Gasteiger partial charge in [-0.2, -0.15) is 0 Å². The minimum absolute atomic E-state index is 0.0411. The van der Waals surface area contributed by atoms with Gasteiger partial charge in [0.05, 0.1) is 29.8 Å². The zero-order valence-electron chi connectivity index (χ0n) is 22.8. The predicted octanol–water partition coefficient (Wildman–Crippen LogP) is 3.70. The molecule has 8 heteroatoms. The Morgan fingerprint density at radius 2 is 1.34 bits per heavy atom. The minimum Gasteiger partial charge on any atom is -0.484 e. The molecule has 0 saturated carbocycles. The van der Waals surface area contributed by atoms with Crippen LogP contribution in [0, 0.1) is 23.7 Å². The Morgan fingerprint density at radius 1 is 0.789 bits per heavy atom. The molecule has 8 nitrogen and oxygen atoms in total. The molecule has 3 heterocycles. The molecule has 38 heavy (non-hydrogen) atoms. The van der Waals surface area contributed by atoms with Gasteiger partial charge < -0.3 is 24.4 Å². The second-order valence-corrected chi connectivity index (χ2v) is 12.2. The van der Waals surface area contributed by atoms with E-state index in [0.29, 0.717) is 44.3 Å². The predicted molar refractivity (Wildman–Crippen MR) is 137 cm³/mol. The molecule has 0 aromatic heterocycles. The van der Waals surface area contributed by atoms with Crippen molar-refractivity contribution in [2.75, 3.05) is 0 Å². The molecular formula is C30H40O8. The number of ether oxygens (including phenoxy) is 3. The van der Waals surface area contributed by atoms with Crippen molar-refractivity contribution in [3.05, 3.63) is 34.6 Å². The van der Waals surface area contributed by atoms with Gasteiger partial charge in [0.2, 0.25) is 0 Å². The van der Waals surface area contributed by atoms with E-state index in [2.05, 4.69) is 0 Å². The lowest BCUT2D eigenvalue weighted by Crippen LogP contribution is -2.49. The summed E-state index contributed by atoms with van der Waals surface area (Å²) in [6.45, 7) is 7.47. The summed E-state index contributed by atoms with van der Waals surface area (Å²) in [5, 5.41) is 22.7. The first-order valence-corrected chi connectivity index (χ1v) is 14.0. The van der Waals surface area contributed by atoms with Crippen molar-refractivity contribution >= 4 is 17.7 Å². The largest absolute Gasteiger partial charge is 0.484 e. The number of aliphatic hydroxyl groups is 2. The van der Waals surface area contributed by atoms with Crippen LogP contribution in [0.5, 0.6) is 0 Å². The van der Waals surface area contributed by atoms with Gasteiger partial charge in [-0.15, -0.1) is 0 Å². The molecule has 0 amide bonds. The Labute approximate surface area is 224 Å². The van der Waals surface area contributed by atoms with Gasteiger partial charge in [0.15, 0.2) is 11.4 Å². The Bertz CT molecular complexity index is 1100. The van der Waals surface area contributed by atoms with Crippen LogP contribution >= 0.6 is 0 Å². The fourth-order valence-electron chi connectivity index (χ4n) is 7.11. The van der Waals surface area contributed by atoms with Crippen molar-refractivity contribution in [3.63, 3.8) is 0 Å². The summed E-state index contributed by atoms with van der Waals surface area (Å²) in [5.74, 6) is -1.64. The maximum atomic E-state index is 13.7. The molecule has 0 aromatic rings. The van der Waals surface area contributed by atoms with Gasteiger partial charge >= 0.3 is 11.9 Å². The molecule has 0 radical (unpaired) electrons. The zero-order chi connectivity index (χ0) is 27.4. The molecule has 0 bridgehead atoms. The molecule has 2 saturated heterocycles. The highest BCUT2D eigenvalue weighted by Crippen LogP contribution is 2.46. The molecule has 1 spiro atoms. The van der Waals surface area contributed by atoms with E-state index in [0.717, 1.165) is 16.7 Å². The smallest absolute Gasteiger partial charge is 0.309 e. The number of aliphatic hydroxyl groups excluding tert-OH is 2. The van der Waals surface area contributed by atoms with E-state index in [9.17, 15) is 24.6 Å². The van der Waals surface area contributed by atoms with Gasteiger partial charge in [0, 0.05) is 31.1 Å². The summed E-state index contributed by atoms with van der Waals surface area (Å²) in [6, 6.07) is 0. The molecule has 3 aliphatic heterocycles. The highest BCUT2D eigenvalue weighted by Gasteiger charge is 2.52. The molecule has 5 rings (SSSR count). The van der Waals surface area contributed by atoms with Crippen molar-refractivity contribution in [2.24, 2.45) is 23.7 Å².